The van der Waals surface area contributed by atoms with Gasteiger partial charge in [0.1, 0.15) is 5.75 Å². The standard InChI is InChI=1S/C18H22O3/c1-11-4-5-14(8-12(11)2)17(20)10-18(21)15-6-7-16(19)13(3)9-15/h4-9,17-21H,10H2,1-3H3. The molecule has 0 bridgehead atoms. The zero-order valence-corrected chi connectivity index (χ0v) is 12.7. The number of phenolic OH excluding ortho intramolecular Hbond substituents is 1. The van der Waals surface area contributed by atoms with Crippen molar-refractivity contribution in [2.75, 3.05) is 0 Å². The molecule has 2 rings (SSSR count). The minimum Gasteiger partial charge on any atom is -0.508 e. The molecule has 0 aromatic heterocycles. The summed E-state index contributed by atoms with van der Waals surface area (Å²) in [7, 11) is 0. The molecule has 0 aliphatic carbocycles. The highest BCUT2D eigenvalue weighted by Crippen LogP contribution is 2.29. The van der Waals surface area contributed by atoms with Crippen molar-refractivity contribution in [1.29, 1.82) is 0 Å². The van der Waals surface area contributed by atoms with Gasteiger partial charge in [0.2, 0.25) is 0 Å². The van der Waals surface area contributed by atoms with E-state index in [1.807, 2.05) is 32.0 Å². The van der Waals surface area contributed by atoms with Crippen LogP contribution in [0, 0.1) is 20.8 Å². The van der Waals surface area contributed by atoms with E-state index in [2.05, 4.69) is 0 Å². The molecule has 0 heterocycles. The average molecular weight is 286 g/mol. The molecule has 0 radical (unpaired) electrons. The first kappa shape index (κ1) is 15.5. The van der Waals surface area contributed by atoms with Gasteiger partial charge in [-0.25, -0.2) is 0 Å². The van der Waals surface area contributed by atoms with E-state index in [0.29, 0.717) is 11.1 Å². The normalized spacial score (nSPS) is 14.0. The Balaban J connectivity index is 2.12. The van der Waals surface area contributed by atoms with Crippen LogP contribution in [-0.4, -0.2) is 15.3 Å². The molecule has 21 heavy (non-hydrogen) atoms. The van der Waals surface area contributed by atoms with E-state index in [1.54, 1.807) is 25.1 Å². The number of rotatable bonds is 4. The van der Waals surface area contributed by atoms with Gasteiger partial charge in [-0.3, -0.25) is 0 Å². The van der Waals surface area contributed by atoms with Crippen LogP contribution >= 0.6 is 0 Å². The van der Waals surface area contributed by atoms with Crippen LogP contribution in [0.25, 0.3) is 0 Å². The second kappa shape index (κ2) is 6.29. The molecule has 3 N–H and O–H groups in total. The topological polar surface area (TPSA) is 60.7 Å². The van der Waals surface area contributed by atoms with Gasteiger partial charge in [0.15, 0.2) is 0 Å². The highest BCUT2D eigenvalue weighted by atomic mass is 16.3. The van der Waals surface area contributed by atoms with E-state index in [4.69, 9.17) is 0 Å². The molecule has 112 valence electrons. The maximum Gasteiger partial charge on any atom is 0.118 e. The third-order valence-electron chi connectivity index (χ3n) is 3.97. The summed E-state index contributed by atoms with van der Waals surface area (Å²) in [6.07, 6.45) is -1.25. The molecular formula is C18H22O3. The van der Waals surface area contributed by atoms with Crippen molar-refractivity contribution in [3.63, 3.8) is 0 Å². The van der Waals surface area contributed by atoms with Gasteiger partial charge in [-0.1, -0.05) is 24.3 Å². The number of aryl methyl sites for hydroxylation is 3. The lowest BCUT2D eigenvalue weighted by Crippen LogP contribution is -2.06. The summed E-state index contributed by atoms with van der Waals surface area (Å²) < 4.78 is 0. The van der Waals surface area contributed by atoms with Crippen molar-refractivity contribution >= 4 is 0 Å². The molecule has 2 aromatic rings. The summed E-state index contributed by atoms with van der Waals surface area (Å²) in [6.45, 7) is 5.82. The van der Waals surface area contributed by atoms with Crippen molar-refractivity contribution in [3.05, 3.63) is 64.2 Å². The summed E-state index contributed by atoms with van der Waals surface area (Å²) in [5, 5.41) is 30.0. The van der Waals surface area contributed by atoms with Gasteiger partial charge in [-0.2, -0.15) is 0 Å². The number of hydrogen-bond acceptors (Lipinski definition) is 3. The summed E-state index contributed by atoms with van der Waals surface area (Å²) in [5.41, 5.74) is 4.54. The van der Waals surface area contributed by atoms with Gasteiger partial charge in [0.05, 0.1) is 12.2 Å². The molecule has 0 amide bonds. The summed E-state index contributed by atoms with van der Waals surface area (Å²) in [5.74, 6) is 0.209. The number of aromatic hydroxyl groups is 1. The van der Waals surface area contributed by atoms with Gasteiger partial charge in [-0.05, 0) is 60.7 Å². The Morgan fingerprint density at radius 2 is 1.29 bits per heavy atom. The minimum atomic E-state index is -0.763. The van der Waals surface area contributed by atoms with E-state index in [0.717, 1.165) is 11.1 Å². The molecule has 0 aliphatic rings. The number of phenols is 1. The predicted molar refractivity (Wildman–Crippen MR) is 83.3 cm³/mol. The van der Waals surface area contributed by atoms with E-state index in [9.17, 15) is 15.3 Å². The molecule has 2 unspecified atom stereocenters. The summed E-state index contributed by atoms with van der Waals surface area (Å²) in [6, 6.07) is 10.8. The van der Waals surface area contributed by atoms with Crippen LogP contribution in [-0.2, 0) is 0 Å². The lowest BCUT2D eigenvalue weighted by Gasteiger charge is -2.18. The fraction of sp³-hybridized carbons (Fsp3) is 0.333. The molecule has 0 fully saturated rings. The number of aliphatic hydroxyl groups is 2. The van der Waals surface area contributed by atoms with Gasteiger partial charge in [0.25, 0.3) is 0 Å². The molecule has 3 nitrogen and oxygen atoms in total. The Labute approximate surface area is 125 Å². The zero-order chi connectivity index (χ0) is 15.6. The third-order valence-corrected chi connectivity index (χ3v) is 3.97. The monoisotopic (exact) mass is 286 g/mol. The quantitative estimate of drug-likeness (QED) is 0.806. The Morgan fingerprint density at radius 3 is 1.81 bits per heavy atom. The first-order valence-corrected chi connectivity index (χ1v) is 7.11. The van der Waals surface area contributed by atoms with E-state index >= 15 is 0 Å². The van der Waals surface area contributed by atoms with Crippen LogP contribution in [0.15, 0.2) is 36.4 Å². The molecule has 0 spiro atoms. The molecule has 0 aliphatic heterocycles. The molecular weight excluding hydrogens is 264 g/mol. The Kier molecular flexibility index (Phi) is 4.66. The maximum atomic E-state index is 10.3. The highest BCUT2D eigenvalue weighted by molar-refractivity contribution is 5.36. The maximum absolute atomic E-state index is 10.3. The van der Waals surface area contributed by atoms with Gasteiger partial charge >= 0.3 is 0 Å². The van der Waals surface area contributed by atoms with E-state index < -0.39 is 12.2 Å². The molecule has 0 saturated heterocycles. The van der Waals surface area contributed by atoms with Crippen LogP contribution < -0.4 is 0 Å². The Morgan fingerprint density at radius 1 is 0.762 bits per heavy atom. The summed E-state index contributed by atoms with van der Waals surface area (Å²) >= 11 is 0. The third kappa shape index (κ3) is 3.63. The second-order valence-electron chi connectivity index (χ2n) is 5.66. The first-order valence-electron chi connectivity index (χ1n) is 7.11. The van der Waals surface area contributed by atoms with Crippen LogP contribution in [0.3, 0.4) is 0 Å². The van der Waals surface area contributed by atoms with Crippen LogP contribution in [0.4, 0.5) is 0 Å². The molecule has 3 heteroatoms. The lowest BCUT2D eigenvalue weighted by molar-refractivity contribution is 0.0803. The Bertz CT molecular complexity index is 579. The summed E-state index contributed by atoms with van der Waals surface area (Å²) in [4.78, 5) is 0. The van der Waals surface area contributed by atoms with Crippen molar-refractivity contribution in [1.82, 2.24) is 0 Å². The average Bonchev–Trinajstić information content (AvgIpc) is 2.44. The largest absolute Gasteiger partial charge is 0.508 e. The van der Waals surface area contributed by atoms with Crippen molar-refractivity contribution in [2.24, 2.45) is 0 Å². The van der Waals surface area contributed by atoms with E-state index in [1.165, 1.54) is 5.56 Å². The number of aliphatic hydroxyl groups excluding tert-OH is 2. The predicted octanol–water partition coefficient (Wildman–Crippen LogP) is 3.47. The number of hydrogen-bond donors (Lipinski definition) is 3. The molecule has 2 atom stereocenters. The fourth-order valence-electron chi connectivity index (χ4n) is 2.34. The zero-order valence-electron chi connectivity index (χ0n) is 12.7. The van der Waals surface area contributed by atoms with Crippen molar-refractivity contribution in [2.45, 2.75) is 39.4 Å². The van der Waals surface area contributed by atoms with Gasteiger partial charge in [0, 0.05) is 6.42 Å². The lowest BCUT2D eigenvalue weighted by atomic mass is 9.96. The molecule has 0 saturated carbocycles. The Hall–Kier alpha value is -1.84. The van der Waals surface area contributed by atoms with Crippen LogP contribution in [0.5, 0.6) is 5.75 Å². The minimum absolute atomic E-state index is 0.209. The van der Waals surface area contributed by atoms with Crippen LogP contribution in [0.2, 0.25) is 0 Å². The molecule has 2 aromatic carbocycles. The highest BCUT2D eigenvalue weighted by Gasteiger charge is 2.16. The number of benzene rings is 2. The SMILES string of the molecule is Cc1ccc(C(O)CC(O)c2ccc(O)c(C)c2)cc1C. The van der Waals surface area contributed by atoms with Crippen LogP contribution in [0.1, 0.15) is 46.4 Å². The fourth-order valence-corrected chi connectivity index (χ4v) is 2.34. The van der Waals surface area contributed by atoms with Crippen molar-refractivity contribution in [3.8, 4) is 5.75 Å². The van der Waals surface area contributed by atoms with E-state index in [-0.39, 0.29) is 12.2 Å². The van der Waals surface area contributed by atoms with Crippen molar-refractivity contribution < 1.29 is 15.3 Å². The first-order chi connectivity index (χ1) is 9.88. The van der Waals surface area contributed by atoms with Gasteiger partial charge in [-0.15, -0.1) is 0 Å². The smallest absolute Gasteiger partial charge is 0.118 e. The van der Waals surface area contributed by atoms with Gasteiger partial charge < -0.3 is 15.3 Å². The second-order valence-corrected chi connectivity index (χ2v) is 5.66.